The number of carbonyl (C=O) groups is 1. The lowest BCUT2D eigenvalue weighted by Gasteiger charge is -2.22. The Morgan fingerprint density at radius 3 is 2.29 bits per heavy atom. The average Bonchev–Trinajstić information content (AvgIpc) is 2.67. The summed E-state index contributed by atoms with van der Waals surface area (Å²) in [6.07, 6.45) is 2.35. The van der Waals surface area contributed by atoms with E-state index in [4.69, 9.17) is 11.6 Å². The zero-order valence-electron chi connectivity index (χ0n) is 10.4. The third kappa shape index (κ3) is 2.32. The molecule has 1 fully saturated rings. The van der Waals surface area contributed by atoms with Crippen LogP contribution in [0.15, 0.2) is 18.2 Å². The number of anilines is 1. The second kappa shape index (κ2) is 5.09. The van der Waals surface area contributed by atoms with Gasteiger partial charge in [-0.3, -0.25) is 4.79 Å². The van der Waals surface area contributed by atoms with E-state index in [0.717, 1.165) is 18.5 Å². The van der Waals surface area contributed by atoms with Crippen molar-refractivity contribution in [2.24, 2.45) is 0 Å². The molecule has 92 valence electrons. The van der Waals surface area contributed by atoms with Crippen molar-refractivity contribution in [2.75, 3.05) is 11.4 Å². The number of halogens is 1. The minimum absolute atomic E-state index is 0.0443. The van der Waals surface area contributed by atoms with Gasteiger partial charge in [-0.25, -0.2) is 0 Å². The first kappa shape index (κ1) is 12.4. The molecule has 3 heteroatoms. The SMILES string of the molecule is CCc1cccc(CC)c1N1CC(Cl)CC1=O. The summed E-state index contributed by atoms with van der Waals surface area (Å²) in [6.45, 7) is 4.89. The fourth-order valence-corrected chi connectivity index (χ4v) is 2.71. The van der Waals surface area contributed by atoms with E-state index in [2.05, 4.69) is 32.0 Å². The van der Waals surface area contributed by atoms with Gasteiger partial charge in [-0.15, -0.1) is 11.6 Å². The van der Waals surface area contributed by atoms with E-state index in [1.165, 1.54) is 11.1 Å². The lowest BCUT2D eigenvalue weighted by atomic mass is 10.0. The van der Waals surface area contributed by atoms with Crippen LogP contribution in [0.1, 0.15) is 31.4 Å². The smallest absolute Gasteiger partial charge is 0.228 e. The first-order valence-electron chi connectivity index (χ1n) is 6.22. The first-order chi connectivity index (χ1) is 8.17. The highest BCUT2D eigenvalue weighted by Gasteiger charge is 2.31. The van der Waals surface area contributed by atoms with E-state index < -0.39 is 0 Å². The average molecular weight is 252 g/mol. The van der Waals surface area contributed by atoms with E-state index in [1.54, 1.807) is 0 Å². The van der Waals surface area contributed by atoms with Crippen molar-refractivity contribution >= 4 is 23.2 Å². The predicted molar refractivity (Wildman–Crippen MR) is 71.8 cm³/mol. The van der Waals surface area contributed by atoms with E-state index in [9.17, 15) is 4.79 Å². The summed E-state index contributed by atoms with van der Waals surface area (Å²) >= 11 is 6.08. The van der Waals surface area contributed by atoms with Crippen molar-refractivity contribution in [1.29, 1.82) is 0 Å². The van der Waals surface area contributed by atoms with Gasteiger partial charge in [0.1, 0.15) is 0 Å². The molecule has 1 heterocycles. The Morgan fingerprint density at radius 2 is 1.88 bits per heavy atom. The molecule has 0 radical (unpaired) electrons. The molecule has 0 aromatic heterocycles. The number of rotatable bonds is 3. The maximum absolute atomic E-state index is 12.0. The molecular formula is C14H18ClNO. The zero-order chi connectivity index (χ0) is 12.4. The van der Waals surface area contributed by atoms with Gasteiger partial charge in [0.15, 0.2) is 0 Å². The Kier molecular flexibility index (Phi) is 3.72. The number of alkyl halides is 1. The summed E-state index contributed by atoms with van der Waals surface area (Å²) in [5.74, 6) is 0.153. The van der Waals surface area contributed by atoms with E-state index in [1.807, 2.05) is 4.90 Å². The lowest BCUT2D eigenvalue weighted by Crippen LogP contribution is -2.27. The summed E-state index contributed by atoms with van der Waals surface area (Å²) in [4.78, 5) is 13.8. The van der Waals surface area contributed by atoms with Crippen LogP contribution in [0, 0.1) is 0 Å². The summed E-state index contributed by atoms with van der Waals surface area (Å²) in [6, 6.07) is 6.27. The number of hydrogen-bond acceptors (Lipinski definition) is 1. The number of nitrogens with zero attached hydrogens (tertiary/aromatic N) is 1. The van der Waals surface area contributed by atoms with E-state index in [-0.39, 0.29) is 11.3 Å². The van der Waals surface area contributed by atoms with Crippen LogP contribution in [0.2, 0.25) is 0 Å². The Balaban J connectivity index is 2.46. The third-order valence-corrected chi connectivity index (χ3v) is 3.61. The fraction of sp³-hybridized carbons (Fsp3) is 0.500. The fourth-order valence-electron chi connectivity index (χ4n) is 2.44. The second-order valence-corrected chi connectivity index (χ2v) is 5.05. The molecule has 0 N–H and O–H groups in total. The molecule has 1 aromatic rings. The molecule has 0 bridgehead atoms. The molecule has 1 aromatic carbocycles. The Labute approximate surface area is 108 Å². The van der Waals surface area contributed by atoms with Gasteiger partial charge in [-0.2, -0.15) is 0 Å². The number of amides is 1. The molecule has 2 rings (SSSR count). The summed E-state index contributed by atoms with van der Waals surface area (Å²) in [7, 11) is 0. The normalized spacial score (nSPS) is 20.1. The molecule has 2 nitrogen and oxygen atoms in total. The van der Waals surface area contributed by atoms with Crippen LogP contribution >= 0.6 is 11.6 Å². The quantitative estimate of drug-likeness (QED) is 0.756. The largest absolute Gasteiger partial charge is 0.310 e. The molecule has 1 atom stereocenters. The highest BCUT2D eigenvalue weighted by Crippen LogP contribution is 2.31. The van der Waals surface area contributed by atoms with Gasteiger partial charge in [-0.05, 0) is 24.0 Å². The van der Waals surface area contributed by atoms with Crippen LogP contribution in [0.25, 0.3) is 0 Å². The molecule has 17 heavy (non-hydrogen) atoms. The van der Waals surface area contributed by atoms with Crippen LogP contribution in [-0.4, -0.2) is 17.8 Å². The number of aryl methyl sites for hydroxylation is 2. The maximum atomic E-state index is 12.0. The molecule has 1 aliphatic rings. The number of hydrogen-bond donors (Lipinski definition) is 0. The van der Waals surface area contributed by atoms with Gasteiger partial charge in [0.25, 0.3) is 0 Å². The topological polar surface area (TPSA) is 20.3 Å². The van der Waals surface area contributed by atoms with Crippen molar-refractivity contribution in [3.05, 3.63) is 29.3 Å². The summed E-state index contributed by atoms with van der Waals surface area (Å²) in [5, 5.41) is -0.0443. The molecule has 1 saturated heterocycles. The molecular weight excluding hydrogens is 234 g/mol. The van der Waals surface area contributed by atoms with Crippen molar-refractivity contribution in [2.45, 2.75) is 38.5 Å². The van der Waals surface area contributed by atoms with Crippen LogP contribution in [-0.2, 0) is 17.6 Å². The lowest BCUT2D eigenvalue weighted by molar-refractivity contribution is -0.117. The van der Waals surface area contributed by atoms with Crippen molar-refractivity contribution < 1.29 is 4.79 Å². The van der Waals surface area contributed by atoms with Crippen molar-refractivity contribution in [1.82, 2.24) is 0 Å². The van der Waals surface area contributed by atoms with Crippen LogP contribution in [0.4, 0.5) is 5.69 Å². The van der Waals surface area contributed by atoms with Crippen molar-refractivity contribution in [3.63, 3.8) is 0 Å². The monoisotopic (exact) mass is 251 g/mol. The van der Waals surface area contributed by atoms with Crippen LogP contribution in [0.3, 0.4) is 0 Å². The number of benzene rings is 1. The van der Waals surface area contributed by atoms with Crippen LogP contribution in [0.5, 0.6) is 0 Å². The van der Waals surface area contributed by atoms with E-state index >= 15 is 0 Å². The summed E-state index contributed by atoms with van der Waals surface area (Å²) < 4.78 is 0. The molecule has 1 aliphatic heterocycles. The number of para-hydroxylation sites is 1. The van der Waals surface area contributed by atoms with E-state index in [0.29, 0.717) is 13.0 Å². The third-order valence-electron chi connectivity index (χ3n) is 3.31. The van der Waals surface area contributed by atoms with Gasteiger partial charge in [0.05, 0.1) is 11.1 Å². The zero-order valence-corrected chi connectivity index (χ0v) is 11.1. The van der Waals surface area contributed by atoms with Crippen molar-refractivity contribution in [3.8, 4) is 0 Å². The molecule has 0 saturated carbocycles. The highest BCUT2D eigenvalue weighted by atomic mass is 35.5. The van der Waals surface area contributed by atoms with Gasteiger partial charge in [-0.1, -0.05) is 32.0 Å². The Morgan fingerprint density at radius 1 is 1.29 bits per heavy atom. The predicted octanol–water partition coefficient (Wildman–Crippen LogP) is 3.16. The van der Waals surface area contributed by atoms with Gasteiger partial charge in [0.2, 0.25) is 5.91 Å². The summed E-state index contributed by atoms with van der Waals surface area (Å²) in [5.41, 5.74) is 3.58. The standard InChI is InChI=1S/C14H18ClNO/c1-3-10-6-5-7-11(4-2)14(10)16-9-12(15)8-13(16)17/h5-7,12H,3-4,8-9H2,1-2H3. The minimum Gasteiger partial charge on any atom is -0.310 e. The Bertz CT molecular complexity index is 408. The highest BCUT2D eigenvalue weighted by molar-refractivity contribution is 6.24. The molecule has 0 aliphatic carbocycles. The van der Waals surface area contributed by atoms with Gasteiger partial charge >= 0.3 is 0 Å². The molecule has 1 unspecified atom stereocenters. The van der Waals surface area contributed by atoms with Crippen LogP contribution < -0.4 is 4.90 Å². The van der Waals surface area contributed by atoms with Gasteiger partial charge < -0.3 is 4.90 Å². The Hall–Kier alpha value is -1.02. The maximum Gasteiger partial charge on any atom is 0.228 e. The van der Waals surface area contributed by atoms with Gasteiger partial charge in [0, 0.05) is 13.0 Å². The molecule has 0 spiro atoms. The second-order valence-electron chi connectivity index (χ2n) is 4.44. The molecule has 1 amide bonds. The first-order valence-corrected chi connectivity index (χ1v) is 6.66. The minimum atomic E-state index is -0.0443. The number of carbonyl (C=O) groups excluding carboxylic acids is 1.